The van der Waals surface area contributed by atoms with Gasteiger partial charge in [-0.3, -0.25) is 0 Å². The maximum absolute atomic E-state index is 6.31. The summed E-state index contributed by atoms with van der Waals surface area (Å²) in [5.74, 6) is 5.65. The van der Waals surface area contributed by atoms with Crippen LogP contribution < -0.4 is 47.7 Å². The van der Waals surface area contributed by atoms with Crippen LogP contribution in [0.1, 0.15) is 111 Å². The molecule has 0 radical (unpaired) electrons. The summed E-state index contributed by atoms with van der Waals surface area (Å²) in [7, 11) is 0. The van der Waals surface area contributed by atoms with E-state index < -0.39 is 0 Å². The first kappa shape index (κ1) is 52.7. The Labute approximate surface area is 418 Å². The number of ether oxygens (including phenoxy) is 8. The summed E-state index contributed by atoms with van der Waals surface area (Å²) in [6.07, 6.45) is -0.311. The predicted molar refractivity (Wildman–Crippen MR) is 287 cm³/mol. The van der Waals surface area contributed by atoms with Crippen molar-refractivity contribution in [1.29, 1.82) is 0 Å². The molecule has 70 heavy (non-hydrogen) atoms. The predicted octanol–water partition coefficient (Wildman–Crippen LogP) is 16.6. The Morgan fingerprint density at radius 2 is 0.371 bits per heavy atom. The first-order valence-corrected chi connectivity index (χ1v) is 24.9. The largest absolute Gasteiger partial charge is 0.491 e. The van der Waals surface area contributed by atoms with Crippen LogP contribution in [-0.2, 0) is 0 Å². The Bertz CT molecular complexity index is 2170. The molecule has 0 bridgehead atoms. The van der Waals surface area contributed by atoms with Crippen LogP contribution in [-0.4, -0.2) is 48.8 Å². The lowest BCUT2D eigenvalue weighted by atomic mass is 10.0. The van der Waals surface area contributed by atoms with Gasteiger partial charge < -0.3 is 47.7 Å². The van der Waals surface area contributed by atoms with Gasteiger partial charge in [-0.2, -0.15) is 0 Å². The molecule has 0 fully saturated rings. The molecule has 0 aliphatic carbocycles. The third-order valence-electron chi connectivity index (χ3n) is 10.1. The molecule has 6 aromatic carbocycles. The van der Waals surface area contributed by atoms with Gasteiger partial charge in [0.05, 0.1) is 71.6 Å². The monoisotopic (exact) mass is 953 g/mol. The summed E-state index contributed by atoms with van der Waals surface area (Å²) in [6.45, 7) is 32.4. The van der Waals surface area contributed by atoms with Crippen LogP contribution >= 0.6 is 0 Å². The molecule has 0 unspecified atom stereocenters. The van der Waals surface area contributed by atoms with Crippen LogP contribution in [0.3, 0.4) is 0 Å². The first-order valence-electron chi connectivity index (χ1n) is 24.9. The second-order valence-corrected chi connectivity index (χ2v) is 19.7. The van der Waals surface area contributed by atoms with Gasteiger partial charge >= 0.3 is 0 Å². The number of benzene rings is 6. The molecule has 0 N–H and O–H groups in total. The fourth-order valence-electron chi connectivity index (χ4n) is 7.97. The number of anilines is 6. The van der Waals surface area contributed by atoms with E-state index in [9.17, 15) is 0 Å². The quantitative estimate of drug-likeness (QED) is 0.0619. The minimum absolute atomic E-state index is 0.0389. The number of hydrogen-bond acceptors (Lipinski definition) is 10. The van der Waals surface area contributed by atoms with Crippen molar-refractivity contribution in [2.24, 2.45) is 0 Å². The van der Waals surface area contributed by atoms with E-state index in [1.165, 1.54) is 0 Å². The summed E-state index contributed by atoms with van der Waals surface area (Å²) in [5, 5.41) is 0. The summed E-state index contributed by atoms with van der Waals surface area (Å²) in [5.41, 5.74) is 7.37. The molecule has 0 aliphatic rings. The maximum Gasteiger partial charge on any atom is 0.125 e. The molecule has 0 atom stereocenters. The molecule has 0 aromatic heterocycles. The summed E-state index contributed by atoms with van der Waals surface area (Å²) in [6, 6.07) is 41.4. The van der Waals surface area contributed by atoms with Crippen LogP contribution in [0.2, 0.25) is 0 Å². The molecule has 0 spiro atoms. The van der Waals surface area contributed by atoms with Crippen molar-refractivity contribution < 1.29 is 37.9 Å². The molecule has 6 aromatic rings. The highest BCUT2D eigenvalue weighted by atomic mass is 16.5. The van der Waals surface area contributed by atoms with E-state index in [2.05, 4.69) is 107 Å². The fraction of sp³-hybridized carbons (Fsp3) is 0.400. The normalized spacial score (nSPS) is 11.6. The van der Waals surface area contributed by atoms with E-state index in [0.717, 1.165) is 45.3 Å². The minimum Gasteiger partial charge on any atom is -0.491 e. The van der Waals surface area contributed by atoms with Crippen LogP contribution in [0, 0.1) is 0 Å². The molecular formula is C60H76N2O8. The van der Waals surface area contributed by atoms with Gasteiger partial charge in [0.1, 0.15) is 46.0 Å². The van der Waals surface area contributed by atoms with Gasteiger partial charge in [0.15, 0.2) is 0 Å². The van der Waals surface area contributed by atoms with Gasteiger partial charge in [-0.1, -0.05) is 24.3 Å². The lowest BCUT2D eigenvalue weighted by molar-refractivity contribution is 0.228. The molecule has 10 heteroatoms. The molecule has 0 aliphatic heterocycles. The molecule has 0 amide bonds. The van der Waals surface area contributed by atoms with Crippen LogP contribution in [0.5, 0.6) is 46.0 Å². The average molecular weight is 953 g/mol. The lowest BCUT2D eigenvalue weighted by Gasteiger charge is -2.29. The van der Waals surface area contributed by atoms with Crippen molar-refractivity contribution in [2.45, 2.75) is 160 Å². The summed E-state index contributed by atoms with van der Waals surface area (Å²) >= 11 is 0. The van der Waals surface area contributed by atoms with Crippen molar-refractivity contribution >= 4 is 34.1 Å². The van der Waals surface area contributed by atoms with E-state index in [1.807, 2.05) is 135 Å². The molecule has 374 valence electrons. The molecule has 0 saturated heterocycles. The first-order chi connectivity index (χ1) is 33.2. The Morgan fingerprint density at radius 1 is 0.214 bits per heavy atom. The lowest BCUT2D eigenvalue weighted by Crippen LogP contribution is -2.14. The van der Waals surface area contributed by atoms with Crippen molar-refractivity contribution in [2.75, 3.05) is 9.80 Å². The fourth-order valence-corrected chi connectivity index (χ4v) is 7.97. The third-order valence-corrected chi connectivity index (χ3v) is 10.1. The zero-order chi connectivity index (χ0) is 50.8. The Kier molecular flexibility index (Phi) is 17.9. The second kappa shape index (κ2) is 23.8. The van der Waals surface area contributed by atoms with E-state index in [-0.39, 0.29) is 48.8 Å². The van der Waals surface area contributed by atoms with E-state index in [1.54, 1.807) is 0 Å². The number of rotatable bonds is 23. The number of nitrogens with zero attached hydrogens (tertiary/aromatic N) is 2. The van der Waals surface area contributed by atoms with Crippen molar-refractivity contribution in [3.8, 4) is 57.1 Å². The van der Waals surface area contributed by atoms with E-state index in [0.29, 0.717) is 46.0 Å². The van der Waals surface area contributed by atoms with E-state index >= 15 is 0 Å². The van der Waals surface area contributed by atoms with Gasteiger partial charge in [-0.15, -0.1) is 0 Å². The van der Waals surface area contributed by atoms with Crippen LogP contribution in [0.4, 0.5) is 34.1 Å². The van der Waals surface area contributed by atoms with Gasteiger partial charge in [0.2, 0.25) is 0 Å². The Morgan fingerprint density at radius 3 is 0.514 bits per heavy atom. The van der Waals surface area contributed by atoms with Crippen molar-refractivity contribution in [1.82, 2.24) is 0 Å². The molecule has 0 saturated carbocycles. The maximum atomic E-state index is 6.31. The highest BCUT2D eigenvalue weighted by Crippen LogP contribution is 2.45. The highest BCUT2D eigenvalue weighted by molar-refractivity contribution is 5.83. The van der Waals surface area contributed by atoms with Crippen molar-refractivity contribution in [3.05, 3.63) is 121 Å². The molecule has 0 heterocycles. The van der Waals surface area contributed by atoms with Gasteiger partial charge in [-0.25, -0.2) is 0 Å². The Hall–Kier alpha value is -6.68. The van der Waals surface area contributed by atoms with E-state index in [4.69, 9.17) is 37.9 Å². The molecule has 6 rings (SSSR count). The Balaban J connectivity index is 1.48. The zero-order valence-electron chi connectivity index (χ0n) is 44.3. The second-order valence-electron chi connectivity index (χ2n) is 19.7. The third kappa shape index (κ3) is 15.2. The van der Waals surface area contributed by atoms with Gasteiger partial charge in [0, 0.05) is 84.2 Å². The SMILES string of the molecule is CC(C)Oc1cc(OC(C)C)cc(N(c2ccc(-c3ccc(N(c4cc(OC(C)C)cc(OC(C)C)c4)c4cc(OC(C)C)cc(OC(C)C)c4)cc3)cc2)c2cc(OC(C)C)cc(OC(C)C)c2)c1. The minimum atomic E-state index is -0.0389. The van der Waals surface area contributed by atoms with Gasteiger partial charge in [0.25, 0.3) is 0 Å². The summed E-state index contributed by atoms with van der Waals surface area (Å²) < 4.78 is 50.5. The number of hydrogen-bond donors (Lipinski definition) is 0. The van der Waals surface area contributed by atoms with Gasteiger partial charge in [-0.05, 0) is 146 Å². The average Bonchev–Trinajstić information content (AvgIpc) is 3.22. The van der Waals surface area contributed by atoms with Crippen LogP contribution in [0.15, 0.2) is 121 Å². The highest BCUT2D eigenvalue weighted by Gasteiger charge is 2.22. The molecule has 10 nitrogen and oxygen atoms in total. The topological polar surface area (TPSA) is 80.3 Å². The summed E-state index contributed by atoms with van der Waals surface area (Å²) in [4.78, 5) is 4.38. The van der Waals surface area contributed by atoms with Crippen LogP contribution in [0.25, 0.3) is 11.1 Å². The molecular weight excluding hydrogens is 877 g/mol. The van der Waals surface area contributed by atoms with Crippen molar-refractivity contribution in [3.63, 3.8) is 0 Å². The standard InChI is InChI=1S/C60H76N2O8/c1-37(2)63-53-25-49(26-54(33-53)64-38(3)4)61(50-27-55(65-39(5)6)34-56(28-50)66-40(7)8)47-21-17-45(18-22-47)46-19-23-48(24-20-46)62(51-29-57(67-41(9)10)35-58(30-51)68-42(11)12)52-31-59(69-43(13)14)36-60(32-52)70-44(15)16/h17-44H,1-16H3. The zero-order valence-corrected chi connectivity index (χ0v) is 44.3. The smallest absolute Gasteiger partial charge is 0.125 e.